The van der Waals surface area contributed by atoms with Gasteiger partial charge in [-0.1, -0.05) is 0 Å². The maximum Gasteiger partial charge on any atom is 0.318 e. The molecule has 1 rings (SSSR count). The number of carboxylic acids is 1. The lowest BCUT2D eigenvalue weighted by Gasteiger charge is -2.18. The van der Waals surface area contributed by atoms with Crippen LogP contribution in [0.15, 0.2) is 0 Å². The molecule has 5 heteroatoms. The van der Waals surface area contributed by atoms with Gasteiger partial charge in [-0.15, -0.1) is 0 Å². The molecular formula is C14H20O4S. The van der Waals surface area contributed by atoms with E-state index in [0.717, 1.165) is 33.4 Å². The molecule has 106 valence electrons. The van der Waals surface area contributed by atoms with E-state index in [1.54, 1.807) is 0 Å². The van der Waals surface area contributed by atoms with Crippen LogP contribution in [0.2, 0.25) is 0 Å². The molecule has 1 aromatic rings. The fourth-order valence-electron chi connectivity index (χ4n) is 2.25. The van der Waals surface area contributed by atoms with Crippen LogP contribution in [0.4, 0.5) is 0 Å². The van der Waals surface area contributed by atoms with Gasteiger partial charge in [-0.25, -0.2) is 8.42 Å². The van der Waals surface area contributed by atoms with Crippen LogP contribution in [-0.4, -0.2) is 25.2 Å². The summed E-state index contributed by atoms with van der Waals surface area (Å²) in [5, 5.41) is 8.64. The molecule has 0 aliphatic rings. The van der Waals surface area contributed by atoms with Crippen molar-refractivity contribution in [3.63, 3.8) is 0 Å². The van der Waals surface area contributed by atoms with Crippen molar-refractivity contribution in [3.05, 3.63) is 33.4 Å². The molecule has 0 saturated carbocycles. The predicted octanol–water partition coefficient (Wildman–Crippen LogP) is 2.23. The highest BCUT2D eigenvalue weighted by Crippen LogP contribution is 2.27. The Labute approximate surface area is 114 Å². The van der Waals surface area contributed by atoms with E-state index < -0.39 is 21.6 Å². The van der Waals surface area contributed by atoms with Crippen LogP contribution in [0.5, 0.6) is 0 Å². The minimum absolute atomic E-state index is 0.209. The molecule has 0 bridgehead atoms. The molecule has 0 aliphatic carbocycles. The van der Waals surface area contributed by atoms with E-state index in [1.165, 1.54) is 0 Å². The minimum Gasteiger partial charge on any atom is -0.480 e. The number of sulfone groups is 1. The van der Waals surface area contributed by atoms with Crippen molar-refractivity contribution < 1.29 is 18.3 Å². The van der Waals surface area contributed by atoms with E-state index >= 15 is 0 Å². The van der Waals surface area contributed by atoms with Crippen LogP contribution in [0.3, 0.4) is 0 Å². The molecular weight excluding hydrogens is 264 g/mol. The van der Waals surface area contributed by atoms with Crippen LogP contribution >= 0.6 is 0 Å². The third-order valence-corrected chi connectivity index (χ3v) is 5.28. The van der Waals surface area contributed by atoms with Crippen molar-refractivity contribution >= 4 is 15.8 Å². The van der Waals surface area contributed by atoms with Crippen molar-refractivity contribution in [1.82, 2.24) is 0 Å². The highest BCUT2D eigenvalue weighted by molar-refractivity contribution is 7.91. The molecule has 4 nitrogen and oxygen atoms in total. The van der Waals surface area contributed by atoms with Crippen LogP contribution in [-0.2, 0) is 20.4 Å². The quantitative estimate of drug-likeness (QED) is 0.920. The second kappa shape index (κ2) is 5.33. The first-order valence-corrected chi connectivity index (χ1v) is 7.87. The number of hydrogen-bond donors (Lipinski definition) is 1. The largest absolute Gasteiger partial charge is 0.480 e. The van der Waals surface area contributed by atoms with Crippen LogP contribution in [0.25, 0.3) is 0 Å². The number of benzene rings is 1. The Bertz CT molecular complexity index is 598. The van der Waals surface area contributed by atoms with E-state index in [0.29, 0.717) is 0 Å². The van der Waals surface area contributed by atoms with Crippen LogP contribution in [0.1, 0.15) is 33.4 Å². The maximum atomic E-state index is 11.8. The molecule has 0 atom stereocenters. The van der Waals surface area contributed by atoms with E-state index in [-0.39, 0.29) is 5.75 Å². The Morgan fingerprint density at radius 1 is 0.895 bits per heavy atom. The van der Waals surface area contributed by atoms with Gasteiger partial charge in [-0.3, -0.25) is 4.79 Å². The Morgan fingerprint density at radius 2 is 1.26 bits per heavy atom. The summed E-state index contributed by atoms with van der Waals surface area (Å²) in [6.45, 7) is 9.72. The zero-order valence-electron chi connectivity index (χ0n) is 12.0. The first-order valence-electron chi connectivity index (χ1n) is 6.05. The molecule has 0 amide bonds. The van der Waals surface area contributed by atoms with Gasteiger partial charge >= 0.3 is 5.97 Å². The molecule has 0 unspecified atom stereocenters. The van der Waals surface area contributed by atoms with Crippen molar-refractivity contribution in [2.45, 2.75) is 40.4 Å². The van der Waals surface area contributed by atoms with E-state index in [2.05, 4.69) is 0 Å². The lowest BCUT2D eigenvalue weighted by Crippen LogP contribution is -2.18. The Balaban J connectivity index is 3.34. The van der Waals surface area contributed by atoms with Gasteiger partial charge < -0.3 is 5.11 Å². The molecule has 0 saturated heterocycles. The van der Waals surface area contributed by atoms with E-state index in [1.807, 2.05) is 34.6 Å². The Kier molecular flexibility index (Phi) is 4.40. The van der Waals surface area contributed by atoms with Crippen molar-refractivity contribution in [3.8, 4) is 0 Å². The van der Waals surface area contributed by atoms with Crippen molar-refractivity contribution in [1.29, 1.82) is 0 Å². The van der Waals surface area contributed by atoms with E-state index in [4.69, 9.17) is 5.11 Å². The van der Waals surface area contributed by atoms with E-state index in [9.17, 15) is 13.2 Å². The normalized spacial score (nSPS) is 11.6. The highest BCUT2D eigenvalue weighted by atomic mass is 32.2. The third-order valence-electron chi connectivity index (χ3n) is 3.86. The molecule has 0 heterocycles. The molecule has 0 radical (unpaired) electrons. The number of aliphatic carboxylic acids is 1. The van der Waals surface area contributed by atoms with Gasteiger partial charge in [-0.05, 0) is 68.0 Å². The summed E-state index contributed by atoms with van der Waals surface area (Å²) in [4.78, 5) is 10.6. The van der Waals surface area contributed by atoms with Gasteiger partial charge in [0.05, 0.1) is 5.75 Å². The molecule has 0 aliphatic heterocycles. The summed E-state index contributed by atoms with van der Waals surface area (Å²) in [6.07, 6.45) is 0. The summed E-state index contributed by atoms with van der Waals surface area (Å²) < 4.78 is 23.7. The predicted molar refractivity (Wildman–Crippen MR) is 75.3 cm³/mol. The fraction of sp³-hybridized carbons (Fsp3) is 0.500. The minimum atomic E-state index is -3.62. The summed E-state index contributed by atoms with van der Waals surface area (Å²) in [5.74, 6) is -2.34. The topological polar surface area (TPSA) is 71.4 Å². The van der Waals surface area contributed by atoms with Crippen LogP contribution < -0.4 is 0 Å². The molecule has 0 fully saturated rings. The summed E-state index contributed by atoms with van der Waals surface area (Å²) in [6, 6.07) is 0. The van der Waals surface area contributed by atoms with Gasteiger partial charge in [0.1, 0.15) is 5.75 Å². The second-order valence-corrected chi connectivity index (χ2v) is 7.09. The standard InChI is InChI=1S/C14H20O4S/c1-8-9(2)11(4)13(12(5)10(8)3)6-19(17,18)7-14(15)16/h6-7H2,1-5H3,(H,15,16). The number of rotatable bonds is 4. The third kappa shape index (κ3) is 3.35. The molecule has 19 heavy (non-hydrogen) atoms. The fourth-order valence-corrected chi connectivity index (χ4v) is 3.60. The highest BCUT2D eigenvalue weighted by Gasteiger charge is 2.21. The van der Waals surface area contributed by atoms with Gasteiger partial charge in [0.25, 0.3) is 0 Å². The zero-order chi connectivity index (χ0) is 15.0. The summed E-state index contributed by atoms with van der Waals surface area (Å²) >= 11 is 0. The average molecular weight is 284 g/mol. The van der Waals surface area contributed by atoms with Gasteiger partial charge in [-0.2, -0.15) is 0 Å². The lowest BCUT2D eigenvalue weighted by molar-refractivity contribution is -0.134. The smallest absolute Gasteiger partial charge is 0.318 e. The van der Waals surface area contributed by atoms with Crippen LogP contribution in [0, 0.1) is 34.6 Å². The first kappa shape index (κ1) is 15.7. The molecule has 0 aromatic heterocycles. The average Bonchev–Trinajstić information content (AvgIpc) is 2.28. The summed E-state index contributed by atoms with van der Waals surface area (Å²) in [5.41, 5.74) is 5.92. The van der Waals surface area contributed by atoms with Gasteiger partial charge in [0.2, 0.25) is 0 Å². The van der Waals surface area contributed by atoms with Crippen molar-refractivity contribution in [2.24, 2.45) is 0 Å². The lowest BCUT2D eigenvalue weighted by atomic mass is 9.90. The SMILES string of the molecule is Cc1c(C)c(C)c(CS(=O)(=O)CC(=O)O)c(C)c1C. The number of hydrogen-bond acceptors (Lipinski definition) is 3. The van der Waals surface area contributed by atoms with Gasteiger partial charge in [0.15, 0.2) is 9.84 Å². The molecule has 0 spiro atoms. The Hall–Kier alpha value is -1.36. The van der Waals surface area contributed by atoms with Gasteiger partial charge in [0, 0.05) is 0 Å². The first-order chi connectivity index (χ1) is 8.57. The van der Waals surface area contributed by atoms with Crippen molar-refractivity contribution in [2.75, 3.05) is 5.75 Å². The second-order valence-electron chi connectivity index (χ2n) is 5.03. The maximum absolute atomic E-state index is 11.8. The monoisotopic (exact) mass is 284 g/mol. The Morgan fingerprint density at radius 3 is 1.63 bits per heavy atom. The molecule has 1 N–H and O–H groups in total. The number of carboxylic acid groups (broad SMARTS) is 1. The number of carbonyl (C=O) groups is 1. The zero-order valence-corrected chi connectivity index (χ0v) is 12.8. The molecule has 1 aromatic carbocycles. The summed E-state index contributed by atoms with van der Waals surface area (Å²) in [7, 11) is -3.62.